The van der Waals surface area contributed by atoms with E-state index in [2.05, 4.69) is 46.0 Å². The van der Waals surface area contributed by atoms with Gasteiger partial charge in [-0.2, -0.15) is 39.5 Å². The molecule has 0 aliphatic carbocycles. The van der Waals surface area contributed by atoms with Crippen LogP contribution >= 0.6 is 11.3 Å². The van der Waals surface area contributed by atoms with Gasteiger partial charge in [-0.25, -0.2) is 14.4 Å². The predicted octanol–water partition coefficient (Wildman–Crippen LogP) is 6.23. The molecule has 0 saturated carbocycles. The van der Waals surface area contributed by atoms with Crippen LogP contribution in [0.2, 0.25) is 0 Å². The van der Waals surface area contributed by atoms with E-state index in [0.29, 0.717) is 5.41 Å². The average Bonchev–Trinajstić information content (AvgIpc) is 3.36. The summed E-state index contributed by atoms with van der Waals surface area (Å²) in [4.78, 5) is 39.4. The van der Waals surface area contributed by atoms with Crippen molar-refractivity contribution in [1.29, 1.82) is 0 Å². The topological polar surface area (TPSA) is 131 Å². The van der Waals surface area contributed by atoms with Gasteiger partial charge in [0.15, 0.2) is 0 Å². The summed E-state index contributed by atoms with van der Waals surface area (Å²) >= 11 is 1.96. The minimum Gasteiger partial charge on any atom is -0.475 e. The molecule has 3 N–H and O–H groups in total. The van der Waals surface area contributed by atoms with Gasteiger partial charge in [-0.15, -0.1) is 11.3 Å². The summed E-state index contributed by atoms with van der Waals surface area (Å²) in [5, 5.41) is 21.4. The van der Waals surface area contributed by atoms with Crippen LogP contribution in [-0.2, 0) is 27.5 Å². The molecule has 0 bridgehead atoms. The number of thiophene rings is 1. The lowest BCUT2D eigenvalue weighted by Crippen LogP contribution is -2.46. The largest absolute Gasteiger partial charge is 0.490 e. The number of piperidine rings is 2. The van der Waals surface area contributed by atoms with E-state index in [9.17, 15) is 39.5 Å². The van der Waals surface area contributed by atoms with Crippen molar-refractivity contribution in [3.8, 4) is 0 Å². The van der Waals surface area contributed by atoms with Crippen molar-refractivity contribution in [2.75, 3.05) is 26.2 Å². The predicted molar refractivity (Wildman–Crippen MR) is 146 cm³/mol. The van der Waals surface area contributed by atoms with Crippen LogP contribution in [0, 0.1) is 12.3 Å². The van der Waals surface area contributed by atoms with Crippen LogP contribution in [0.25, 0.3) is 0 Å². The Balaban J connectivity index is 0.000000413. The van der Waals surface area contributed by atoms with Gasteiger partial charge in [-0.05, 0) is 88.5 Å². The maximum absolute atomic E-state index is 10.6. The highest BCUT2D eigenvalue weighted by atomic mass is 32.1. The SMILES string of the molecule is Cc1ccc(CN2CCC3(CCN(Cc4ccccn4)CC3)CC2)s1.O=C(O)C(F)(F)F.O=C(O)C(F)(F)F.O=C(O)C(F)(F)F. The lowest BCUT2D eigenvalue weighted by Gasteiger charge is -2.47. The first-order chi connectivity index (χ1) is 21.0. The molecule has 4 rings (SSSR count). The molecule has 2 aromatic rings. The molecule has 0 amide bonds. The molecule has 2 aromatic heterocycles. The molecule has 2 aliphatic heterocycles. The zero-order valence-electron chi connectivity index (χ0n) is 24.3. The standard InChI is InChI=1S/C21H29N3S.3C2HF3O2/c1-18-5-6-20(25-18)17-24-14-9-21(10-15-24)7-12-23(13-8-21)16-19-4-2-3-11-22-19;3*3-2(4,5)1(6)7/h2-6,11H,7-10,12-17H2,1H3;3*(H,6,7). The van der Waals surface area contributed by atoms with Crippen molar-refractivity contribution in [3.63, 3.8) is 0 Å². The third-order valence-electron chi connectivity index (χ3n) is 6.85. The number of pyridine rings is 1. The normalized spacial score (nSPS) is 16.9. The molecule has 9 nitrogen and oxygen atoms in total. The second kappa shape index (κ2) is 17.5. The summed E-state index contributed by atoms with van der Waals surface area (Å²) in [6, 6.07) is 10.8. The molecule has 2 saturated heterocycles. The van der Waals surface area contributed by atoms with Gasteiger partial charge in [-0.1, -0.05) is 6.07 Å². The van der Waals surface area contributed by atoms with Crippen molar-refractivity contribution in [1.82, 2.24) is 14.8 Å². The quantitative estimate of drug-likeness (QED) is 0.319. The monoisotopic (exact) mass is 697 g/mol. The van der Waals surface area contributed by atoms with Gasteiger partial charge in [0, 0.05) is 29.0 Å². The molecule has 4 heterocycles. The van der Waals surface area contributed by atoms with Crippen LogP contribution in [0.15, 0.2) is 36.5 Å². The van der Waals surface area contributed by atoms with Gasteiger partial charge in [-0.3, -0.25) is 14.8 Å². The highest BCUT2D eigenvalue weighted by Crippen LogP contribution is 2.41. The minimum absolute atomic E-state index is 0.614. The number of rotatable bonds is 4. The number of carboxylic acids is 3. The molecule has 19 heteroatoms. The molecule has 0 atom stereocenters. The fourth-order valence-corrected chi connectivity index (χ4v) is 5.32. The van der Waals surface area contributed by atoms with Crippen molar-refractivity contribution >= 4 is 29.2 Å². The van der Waals surface area contributed by atoms with Crippen molar-refractivity contribution in [2.45, 2.75) is 64.2 Å². The molecule has 46 heavy (non-hydrogen) atoms. The van der Waals surface area contributed by atoms with Gasteiger partial charge >= 0.3 is 36.4 Å². The lowest BCUT2D eigenvalue weighted by molar-refractivity contribution is -0.193. The Morgan fingerprint density at radius 3 is 1.41 bits per heavy atom. The van der Waals surface area contributed by atoms with E-state index in [1.807, 2.05) is 23.6 Å². The van der Waals surface area contributed by atoms with Crippen molar-refractivity contribution in [3.05, 3.63) is 52.0 Å². The van der Waals surface area contributed by atoms with Gasteiger partial charge in [0.25, 0.3) is 0 Å². The fourth-order valence-electron chi connectivity index (χ4n) is 4.38. The Kier molecular flexibility index (Phi) is 15.4. The Labute approximate surface area is 261 Å². The number of aryl methyl sites for hydroxylation is 1. The van der Waals surface area contributed by atoms with Crippen molar-refractivity contribution in [2.24, 2.45) is 5.41 Å². The van der Waals surface area contributed by atoms with E-state index in [1.165, 1.54) is 67.3 Å². The van der Waals surface area contributed by atoms with E-state index < -0.39 is 36.4 Å². The molecule has 260 valence electrons. The van der Waals surface area contributed by atoms with Crippen LogP contribution < -0.4 is 0 Å². The van der Waals surface area contributed by atoms with E-state index in [4.69, 9.17) is 29.7 Å². The van der Waals surface area contributed by atoms with Crippen LogP contribution in [0.1, 0.15) is 41.1 Å². The second-order valence-corrected chi connectivity index (χ2v) is 11.7. The van der Waals surface area contributed by atoms with Crippen LogP contribution in [0.5, 0.6) is 0 Å². The number of aromatic nitrogens is 1. The first-order valence-corrected chi connectivity index (χ1v) is 14.2. The Bertz CT molecular complexity index is 1180. The zero-order chi connectivity index (χ0) is 35.3. The molecule has 0 unspecified atom stereocenters. The summed E-state index contributed by atoms with van der Waals surface area (Å²) in [5.74, 6) is -8.27. The second-order valence-electron chi connectivity index (χ2n) is 10.3. The third kappa shape index (κ3) is 15.7. The molecule has 2 aliphatic rings. The van der Waals surface area contributed by atoms with Gasteiger partial charge < -0.3 is 15.3 Å². The number of nitrogens with zero attached hydrogens (tertiary/aromatic N) is 3. The molecular weight excluding hydrogens is 665 g/mol. The Morgan fingerprint density at radius 1 is 0.717 bits per heavy atom. The van der Waals surface area contributed by atoms with Gasteiger partial charge in [0.2, 0.25) is 0 Å². The first-order valence-electron chi connectivity index (χ1n) is 13.3. The number of aliphatic carboxylic acids is 3. The van der Waals surface area contributed by atoms with Gasteiger partial charge in [0.05, 0.1) is 5.69 Å². The number of hydrogen-bond acceptors (Lipinski definition) is 7. The maximum atomic E-state index is 10.6. The molecule has 0 aromatic carbocycles. The summed E-state index contributed by atoms with van der Waals surface area (Å²) in [7, 11) is 0. The summed E-state index contributed by atoms with van der Waals surface area (Å²) < 4.78 is 95.2. The van der Waals surface area contributed by atoms with Crippen molar-refractivity contribution < 1.29 is 69.2 Å². The zero-order valence-corrected chi connectivity index (χ0v) is 25.1. The van der Waals surface area contributed by atoms with E-state index in [1.54, 1.807) is 0 Å². The molecule has 1 spiro atoms. The lowest BCUT2D eigenvalue weighted by atomic mass is 9.71. The van der Waals surface area contributed by atoms with Gasteiger partial charge in [0.1, 0.15) is 0 Å². The van der Waals surface area contributed by atoms with E-state index >= 15 is 0 Å². The third-order valence-corrected chi connectivity index (χ3v) is 7.83. The first kappa shape index (κ1) is 40.6. The Morgan fingerprint density at radius 2 is 1.11 bits per heavy atom. The van der Waals surface area contributed by atoms with Crippen LogP contribution in [-0.4, -0.2) is 92.7 Å². The smallest absolute Gasteiger partial charge is 0.475 e. The number of alkyl halides is 9. The Hall–Kier alpha value is -3.45. The maximum Gasteiger partial charge on any atom is 0.490 e. The molecule has 0 radical (unpaired) electrons. The number of halogens is 9. The highest BCUT2D eigenvalue weighted by molar-refractivity contribution is 7.11. The summed E-state index contributed by atoms with van der Waals surface area (Å²) in [6.07, 6.45) is -7.84. The minimum atomic E-state index is -5.08. The molecule has 2 fully saturated rings. The van der Waals surface area contributed by atoms with Crippen LogP contribution in [0.4, 0.5) is 39.5 Å². The van der Waals surface area contributed by atoms with E-state index in [-0.39, 0.29) is 0 Å². The number of likely N-dealkylation sites (tertiary alicyclic amines) is 2. The molecular formula is C27H32F9N3O6S. The number of hydrogen-bond donors (Lipinski definition) is 3. The number of carbonyl (C=O) groups is 3. The number of carboxylic acid groups (broad SMARTS) is 3. The van der Waals surface area contributed by atoms with E-state index in [0.717, 1.165) is 13.1 Å². The average molecular weight is 698 g/mol. The summed E-state index contributed by atoms with van der Waals surface area (Å²) in [6.45, 7) is 9.40. The van der Waals surface area contributed by atoms with Crippen LogP contribution in [0.3, 0.4) is 0 Å². The summed E-state index contributed by atoms with van der Waals surface area (Å²) in [5.41, 5.74) is 1.82. The fraction of sp³-hybridized carbons (Fsp3) is 0.556. The highest BCUT2D eigenvalue weighted by Gasteiger charge is 2.40.